The summed E-state index contributed by atoms with van der Waals surface area (Å²) in [7, 11) is 0. The zero-order chi connectivity index (χ0) is 22.8. The van der Waals surface area contributed by atoms with Gasteiger partial charge in [-0.25, -0.2) is 4.98 Å². The molecule has 0 saturated heterocycles. The fourth-order valence-corrected chi connectivity index (χ4v) is 4.74. The minimum absolute atomic E-state index is 0.173. The molecule has 1 heterocycles. The molecule has 164 valence electrons. The molecule has 0 unspecified atom stereocenters. The molecule has 1 aromatic heterocycles. The number of aryl methyl sites for hydroxylation is 1. The number of imidazole rings is 1. The van der Waals surface area contributed by atoms with Gasteiger partial charge in [0.05, 0.1) is 11.4 Å². The number of amides is 1. The van der Waals surface area contributed by atoms with E-state index >= 15 is 0 Å². The van der Waals surface area contributed by atoms with Gasteiger partial charge in [0.15, 0.2) is 16.7 Å². The second-order valence-corrected chi connectivity index (χ2v) is 8.81. The molecule has 1 aliphatic carbocycles. The number of fused-ring (bicyclic) bond motifs is 2. The van der Waals surface area contributed by atoms with Crippen LogP contribution in [0, 0.1) is 13.8 Å². The van der Waals surface area contributed by atoms with Crippen molar-refractivity contribution in [1.82, 2.24) is 9.55 Å². The van der Waals surface area contributed by atoms with Crippen molar-refractivity contribution in [3.05, 3.63) is 76.1 Å². The Kier molecular flexibility index (Phi) is 6.28. The van der Waals surface area contributed by atoms with E-state index in [0.717, 1.165) is 35.9 Å². The molecule has 0 aliphatic heterocycles. The number of rotatable bonds is 7. The molecule has 7 heteroatoms. The summed E-state index contributed by atoms with van der Waals surface area (Å²) in [5.41, 5.74) is 4.10. The molecular weight excluding hydrogens is 422 g/mol. The van der Waals surface area contributed by atoms with E-state index in [0.29, 0.717) is 27.9 Å². The number of aromatic nitrogens is 2. The summed E-state index contributed by atoms with van der Waals surface area (Å²) in [4.78, 5) is 42.8. The number of nitrogens with one attached hydrogen (secondary N) is 1. The summed E-state index contributed by atoms with van der Waals surface area (Å²) < 4.78 is 2.16. The SMILES string of the molecule is CCCCn1c(SCC(=O)Nc2ccc3c(c2)C(=O)c2ccccc2C3=O)nc(C)c1C. The summed E-state index contributed by atoms with van der Waals surface area (Å²) in [5, 5.41) is 3.68. The van der Waals surface area contributed by atoms with E-state index in [1.165, 1.54) is 11.8 Å². The van der Waals surface area contributed by atoms with Crippen LogP contribution in [0.25, 0.3) is 0 Å². The van der Waals surface area contributed by atoms with Crippen LogP contribution in [0.3, 0.4) is 0 Å². The zero-order valence-corrected chi connectivity index (χ0v) is 19.2. The number of benzene rings is 2. The van der Waals surface area contributed by atoms with Crippen molar-refractivity contribution in [2.75, 3.05) is 11.1 Å². The van der Waals surface area contributed by atoms with Crippen LogP contribution in [-0.4, -0.2) is 32.8 Å². The Balaban J connectivity index is 1.47. The van der Waals surface area contributed by atoms with Crippen LogP contribution in [0.4, 0.5) is 5.69 Å². The molecule has 3 aromatic rings. The lowest BCUT2D eigenvalue weighted by Crippen LogP contribution is -2.21. The molecule has 1 amide bonds. The van der Waals surface area contributed by atoms with Gasteiger partial charge in [-0.1, -0.05) is 49.4 Å². The minimum Gasteiger partial charge on any atom is -0.325 e. The van der Waals surface area contributed by atoms with E-state index in [1.54, 1.807) is 42.5 Å². The van der Waals surface area contributed by atoms with Gasteiger partial charge in [0, 0.05) is 40.2 Å². The van der Waals surface area contributed by atoms with Crippen LogP contribution < -0.4 is 5.32 Å². The number of hydrogen-bond donors (Lipinski definition) is 1. The number of hydrogen-bond acceptors (Lipinski definition) is 5. The number of unbranched alkanes of at least 4 members (excludes halogenated alkanes) is 1. The van der Waals surface area contributed by atoms with E-state index in [9.17, 15) is 14.4 Å². The van der Waals surface area contributed by atoms with Crippen molar-refractivity contribution >= 4 is 34.9 Å². The normalized spacial score (nSPS) is 12.5. The van der Waals surface area contributed by atoms with Gasteiger partial charge < -0.3 is 9.88 Å². The monoisotopic (exact) mass is 447 g/mol. The molecule has 0 spiro atoms. The van der Waals surface area contributed by atoms with Crippen molar-refractivity contribution in [2.45, 2.75) is 45.3 Å². The maximum atomic E-state index is 12.9. The van der Waals surface area contributed by atoms with E-state index in [-0.39, 0.29) is 23.2 Å². The van der Waals surface area contributed by atoms with Gasteiger partial charge in [-0.15, -0.1) is 0 Å². The number of carbonyl (C=O) groups excluding carboxylic acids is 3. The van der Waals surface area contributed by atoms with Gasteiger partial charge >= 0.3 is 0 Å². The Morgan fingerprint density at radius 2 is 1.66 bits per heavy atom. The summed E-state index contributed by atoms with van der Waals surface area (Å²) in [6, 6.07) is 11.7. The first-order valence-corrected chi connectivity index (χ1v) is 11.7. The van der Waals surface area contributed by atoms with Gasteiger partial charge in [0.25, 0.3) is 0 Å². The van der Waals surface area contributed by atoms with Crippen LogP contribution in [0.2, 0.25) is 0 Å². The number of ketones is 2. The van der Waals surface area contributed by atoms with Gasteiger partial charge in [-0.05, 0) is 38.5 Å². The largest absolute Gasteiger partial charge is 0.325 e. The van der Waals surface area contributed by atoms with Crippen molar-refractivity contribution in [3.63, 3.8) is 0 Å². The summed E-state index contributed by atoms with van der Waals surface area (Å²) >= 11 is 1.40. The second-order valence-electron chi connectivity index (χ2n) is 7.87. The third-order valence-corrected chi connectivity index (χ3v) is 6.68. The molecule has 0 bridgehead atoms. The molecule has 32 heavy (non-hydrogen) atoms. The fraction of sp³-hybridized carbons (Fsp3) is 0.280. The van der Waals surface area contributed by atoms with Crippen molar-refractivity contribution in [2.24, 2.45) is 0 Å². The Labute approximate surface area is 191 Å². The highest BCUT2D eigenvalue weighted by molar-refractivity contribution is 7.99. The van der Waals surface area contributed by atoms with Crippen LogP contribution in [0.5, 0.6) is 0 Å². The third kappa shape index (κ3) is 4.12. The number of nitrogens with zero attached hydrogens (tertiary/aromatic N) is 2. The van der Waals surface area contributed by atoms with Gasteiger partial charge in [0.1, 0.15) is 0 Å². The molecule has 0 radical (unpaired) electrons. The molecule has 2 aromatic carbocycles. The number of anilines is 1. The van der Waals surface area contributed by atoms with Crippen LogP contribution >= 0.6 is 11.8 Å². The fourth-order valence-electron chi connectivity index (χ4n) is 3.82. The smallest absolute Gasteiger partial charge is 0.234 e. The summed E-state index contributed by atoms with van der Waals surface area (Å²) in [5.74, 6) is -0.363. The topological polar surface area (TPSA) is 81.1 Å². The maximum Gasteiger partial charge on any atom is 0.234 e. The quantitative estimate of drug-likeness (QED) is 0.411. The molecule has 0 fully saturated rings. The molecule has 4 rings (SSSR count). The highest BCUT2D eigenvalue weighted by atomic mass is 32.2. The Morgan fingerprint density at radius 1 is 1.00 bits per heavy atom. The first-order valence-electron chi connectivity index (χ1n) is 10.7. The van der Waals surface area contributed by atoms with E-state index < -0.39 is 0 Å². The summed E-state index contributed by atoms with van der Waals surface area (Å²) in [6.07, 6.45) is 2.15. The lowest BCUT2D eigenvalue weighted by atomic mass is 9.84. The minimum atomic E-state index is -0.204. The molecular formula is C25H25N3O3S. The maximum absolute atomic E-state index is 12.9. The lowest BCUT2D eigenvalue weighted by molar-refractivity contribution is -0.113. The van der Waals surface area contributed by atoms with Crippen molar-refractivity contribution in [1.29, 1.82) is 0 Å². The lowest BCUT2D eigenvalue weighted by Gasteiger charge is -2.18. The zero-order valence-electron chi connectivity index (χ0n) is 18.4. The van der Waals surface area contributed by atoms with E-state index in [4.69, 9.17) is 0 Å². The predicted octanol–water partition coefficient (Wildman–Crippen LogP) is 4.81. The second kappa shape index (κ2) is 9.12. The van der Waals surface area contributed by atoms with Gasteiger partial charge in [-0.2, -0.15) is 0 Å². The molecule has 0 saturated carbocycles. The Hall–Kier alpha value is -3.19. The van der Waals surface area contributed by atoms with Gasteiger partial charge in [0.2, 0.25) is 5.91 Å². The average molecular weight is 448 g/mol. The number of carbonyl (C=O) groups is 3. The van der Waals surface area contributed by atoms with Crippen LogP contribution in [0.15, 0.2) is 47.6 Å². The van der Waals surface area contributed by atoms with Crippen molar-refractivity contribution < 1.29 is 14.4 Å². The van der Waals surface area contributed by atoms with E-state index in [2.05, 4.69) is 21.8 Å². The number of thioether (sulfide) groups is 1. The first-order chi connectivity index (χ1) is 15.4. The van der Waals surface area contributed by atoms with Crippen molar-refractivity contribution in [3.8, 4) is 0 Å². The standard InChI is InChI=1S/C25H25N3O3S/c1-4-5-12-28-16(3)15(2)26-25(28)32-14-22(29)27-17-10-11-20-21(13-17)24(31)19-9-7-6-8-18(19)23(20)30/h6-11,13H,4-5,12,14H2,1-3H3,(H,27,29). The average Bonchev–Trinajstić information content (AvgIpc) is 3.07. The van der Waals surface area contributed by atoms with Crippen LogP contribution in [-0.2, 0) is 11.3 Å². The molecule has 1 N–H and O–H groups in total. The first kappa shape index (κ1) is 22.0. The molecule has 0 atom stereocenters. The van der Waals surface area contributed by atoms with E-state index in [1.807, 2.05) is 13.8 Å². The third-order valence-electron chi connectivity index (χ3n) is 5.70. The van der Waals surface area contributed by atoms with Gasteiger partial charge in [-0.3, -0.25) is 14.4 Å². The highest BCUT2D eigenvalue weighted by Crippen LogP contribution is 2.29. The molecule has 6 nitrogen and oxygen atoms in total. The van der Waals surface area contributed by atoms with Crippen LogP contribution in [0.1, 0.15) is 63.0 Å². The highest BCUT2D eigenvalue weighted by Gasteiger charge is 2.29. The molecule has 1 aliphatic rings. The Morgan fingerprint density at radius 3 is 2.34 bits per heavy atom. The Bertz CT molecular complexity index is 1230. The predicted molar refractivity (Wildman–Crippen MR) is 126 cm³/mol. The summed E-state index contributed by atoms with van der Waals surface area (Å²) in [6.45, 7) is 7.06.